The molecule has 3 rings (SSSR count). The average molecular weight is 399 g/mol. The van der Waals surface area contributed by atoms with Crippen LogP contribution in [0.25, 0.3) is 0 Å². The SMILES string of the molecule is C=C1CC[C@H]2C(C)(C)[C@H](O)CC[C@@]2(C)[C@H]1C[C@@H](C1=CCOC1=O)S(=O)(=O)O. The normalized spacial score (nSPS) is 37.4. The topological polar surface area (TPSA) is 101 Å². The number of hydrogen-bond acceptors (Lipinski definition) is 5. The van der Waals surface area contributed by atoms with E-state index in [1.165, 1.54) is 6.08 Å². The molecule has 0 bridgehead atoms. The summed E-state index contributed by atoms with van der Waals surface area (Å²) in [5.41, 5.74) is 0.447. The zero-order chi connectivity index (χ0) is 20.2. The number of fused-ring (bicyclic) bond motifs is 1. The van der Waals surface area contributed by atoms with Gasteiger partial charge >= 0.3 is 5.97 Å². The van der Waals surface area contributed by atoms with E-state index in [9.17, 15) is 22.9 Å². The van der Waals surface area contributed by atoms with Gasteiger partial charge in [0.2, 0.25) is 0 Å². The van der Waals surface area contributed by atoms with Crippen LogP contribution in [-0.4, -0.2) is 42.0 Å². The number of rotatable bonds is 4. The molecule has 5 atom stereocenters. The van der Waals surface area contributed by atoms with Crippen LogP contribution in [-0.2, 0) is 19.6 Å². The van der Waals surface area contributed by atoms with E-state index in [4.69, 9.17) is 4.74 Å². The Hall–Kier alpha value is -1.18. The van der Waals surface area contributed by atoms with Crippen LogP contribution in [0.4, 0.5) is 0 Å². The lowest BCUT2D eigenvalue weighted by molar-refractivity contribution is -0.136. The highest BCUT2D eigenvalue weighted by molar-refractivity contribution is 7.86. The van der Waals surface area contributed by atoms with Gasteiger partial charge in [0, 0.05) is 0 Å². The van der Waals surface area contributed by atoms with Gasteiger partial charge in [0.25, 0.3) is 10.1 Å². The zero-order valence-electron chi connectivity index (χ0n) is 16.3. The molecule has 0 amide bonds. The maximum atomic E-state index is 12.1. The first-order valence-corrected chi connectivity index (χ1v) is 11.1. The smallest absolute Gasteiger partial charge is 0.335 e. The first-order valence-electron chi connectivity index (χ1n) is 9.58. The van der Waals surface area contributed by atoms with E-state index < -0.39 is 27.4 Å². The van der Waals surface area contributed by atoms with Gasteiger partial charge in [-0.25, -0.2) is 4.79 Å². The van der Waals surface area contributed by atoms with Crippen molar-refractivity contribution in [3.63, 3.8) is 0 Å². The Morgan fingerprint density at radius 3 is 2.56 bits per heavy atom. The molecule has 6 nitrogen and oxygen atoms in total. The molecule has 152 valence electrons. The summed E-state index contributed by atoms with van der Waals surface area (Å²) < 4.78 is 39.0. The lowest BCUT2D eigenvalue weighted by Gasteiger charge is -2.59. The Balaban J connectivity index is 1.98. The molecule has 0 aromatic carbocycles. The Morgan fingerprint density at radius 1 is 1.33 bits per heavy atom. The van der Waals surface area contributed by atoms with Crippen LogP contribution in [0.3, 0.4) is 0 Å². The minimum atomic E-state index is -4.47. The molecule has 2 N–H and O–H groups in total. The van der Waals surface area contributed by atoms with Gasteiger partial charge in [0.1, 0.15) is 11.9 Å². The number of carbonyl (C=O) groups excluding carboxylic acids is 1. The monoisotopic (exact) mass is 398 g/mol. The molecule has 2 saturated carbocycles. The quantitative estimate of drug-likeness (QED) is 0.429. The summed E-state index contributed by atoms with van der Waals surface area (Å²) >= 11 is 0. The largest absolute Gasteiger partial charge is 0.458 e. The highest BCUT2D eigenvalue weighted by Gasteiger charge is 2.57. The number of carbonyl (C=O) groups is 1. The summed E-state index contributed by atoms with van der Waals surface area (Å²) in [6.07, 6.45) is 4.21. The predicted molar refractivity (Wildman–Crippen MR) is 101 cm³/mol. The standard InChI is InChI=1S/C20H30O6S/c1-12-5-6-16-19(2,3)17(21)7-9-20(16,4)14(12)11-15(27(23,24)25)13-8-10-26-18(13)22/h8,14-17,21H,1,5-7,9-11H2,2-4H3,(H,23,24,25)/t14-,15-,16-,17+,20-/m0/s1. The Morgan fingerprint density at radius 2 is 2.00 bits per heavy atom. The molecule has 0 aromatic rings. The second kappa shape index (κ2) is 6.71. The van der Waals surface area contributed by atoms with E-state index in [1.807, 2.05) is 0 Å². The van der Waals surface area contributed by atoms with Crippen LogP contribution < -0.4 is 0 Å². The molecule has 0 aromatic heterocycles. The summed E-state index contributed by atoms with van der Waals surface area (Å²) in [4.78, 5) is 12.0. The van der Waals surface area contributed by atoms with Crippen molar-refractivity contribution in [3.8, 4) is 0 Å². The first kappa shape index (κ1) is 20.6. The second-order valence-corrected chi connectivity index (χ2v) is 10.8. The number of hydrogen-bond donors (Lipinski definition) is 2. The van der Waals surface area contributed by atoms with Crippen molar-refractivity contribution >= 4 is 16.1 Å². The number of allylic oxidation sites excluding steroid dienone is 1. The molecule has 0 spiro atoms. The lowest BCUT2D eigenvalue weighted by atomic mass is 9.46. The Kier molecular flexibility index (Phi) is 5.11. The van der Waals surface area contributed by atoms with Gasteiger partial charge in [-0.05, 0) is 60.8 Å². The van der Waals surface area contributed by atoms with Gasteiger partial charge in [-0.1, -0.05) is 32.9 Å². The molecule has 2 fully saturated rings. The van der Waals surface area contributed by atoms with E-state index in [2.05, 4.69) is 27.4 Å². The van der Waals surface area contributed by atoms with Crippen molar-refractivity contribution in [2.24, 2.45) is 22.7 Å². The van der Waals surface area contributed by atoms with Crippen LogP contribution in [0.2, 0.25) is 0 Å². The van der Waals surface area contributed by atoms with E-state index in [0.29, 0.717) is 6.42 Å². The second-order valence-electron chi connectivity index (χ2n) is 9.18. The van der Waals surface area contributed by atoms with Crippen LogP contribution >= 0.6 is 0 Å². The highest BCUT2D eigenvalue weighted by Crippen LogP contribution is 2.62. The predicted octanol–water partition coefficient (Wildman–Crippen LogP) is 2.89. The van der Waals surface area contributed by atoms with E-state index >= 15 is 0 Å². The van der Waals surface area contributed by atoms with E-state index in [0.717, 1.165) is 24.8 Å². The summed E-state index contributed by atoms with van der Waals surface area (Å²) in [5, 5.41) is 9.23. The van der Waals surface area contributed by atoms with Crippen molar-refractivity contribution in [2.75, 3.05) is 6.61 Å². The third kappa shape index (κ3) is 3.38. The highest BCUT2D eigenvalue weighted by atomic mass is 32.2. The fourth-order valence-electron chi connectivity index (χ4n) is 5.86. The molecule has 1 aliphatic heterocycles. The van der Waals surface area contributed by atoms with E-state index in [-0.39, 0.29) is 41.3 Å². The summed E-state index contributed by atoms with van der Waals surface area (Å²) in [7, 11) is -4.47. The maximum Gasteiger partial charge on any atom is 0.335 e. The maximum absolute atomic E-state index is 12.1. The molecule has 0 saturated heterocycles. The number of ether oxygens (including phenoxy) is 1. The molecule has 0 unspecified atom stereocenters. The minimum absolute atomic E-state index is 0.0196. The van der Waals surface area contributed by atoms with Crippen LogP contribution in [0, 0.1) is 22.7 Å². The van der Waals surface area contributed by atoms with Gasteiger partial charge in [-0.15, -0.1) is 0 Å². The fraction of sp³-hybridized carbons (Fsp3) is 0.750. The van der Waals surface area contributed by atoms with Crippen molar-refractivity contribution in [2.45, 2.75) is 64.2 Å². The number of aliphatic hydroxyl groups is 1. The third-order valence-corrected chi connectivity index (χ3v) is 8.63. The number of cyclic esters (lactones) is 1. The Bertz CT molecular complexity index is 780. The molecule has 0 radical (unpaired) electrons. The first-order chi connectivity index (χ1) is 12.4. The van der Waals surface area contributed by atoms with Crippen molar-refractivity contribution in [3.05, 3.63) is 23.8 Å². The number of esters is 1. The van der Waals surface area contributed by atoms with Crippen LogP contribution in [0.1, 0.15) is 52.9 Å². The average Bonchev–Trinajstić information content (AvgIpc) is 2.95. The molecular formula is C20H30O6S. The fourth-order valence-corrected chi connectivity index (χ4v) is 6.81. The number of aliphatic hydroxyl groups excluding tert-OH is 1. The van der Waals surface area contributed by atoms with Gasteiger partial charge < -0.3 is 9.84 Å². The lowest BCUT2D eigenvalue weighted by Crippen LogP contribution is -2.55. The molecular weight excluding hydrogens is 368 g/mol. The van der Waals surface area contributed by atoms with Crippen LogP contribution in [0.5, 0.6) is 0 Å². The molecule has 27 heavy (non-hydrogen) atoms. The summed E-state index contributed by atoms with van der Waals surface area (Å²) in [5.74, 6) is -0.639. The Labute approximate surface area is 161 Å². The van der Waals surface area contributed by atoms with E-state index in [1.54, 1.807) is 0 Å². The third-order valence-electron chi connectivity index (χ3n) is 7.46. The van der Waals surface area contributed by atoms with Gasteiger partial charge in [0.15, 0.2) is 0 Å². The summed E-state index contributed by atoms with van der Waals surface area (Å²) in [6, 6.07) is 0. The van der Waals surface area contributed by atoms with Crippen LogP contribution in [0.15, 0.2) is 23.8 Å². The van der Waals surface area contributed by atoms with Gasteiger partial charge in [0.05, 0.1) is 11.7 Å². The minimum Gasteiger partial charge on any atom is -0.458 e. The molecule has 2 aliphatic carbocycles. The van der Waals surface area contributed by atoms with Gasteiger partial charge in [-0.2, -0.15) is 8.42 Å². The molecule has 3 aliphatic rings. The molecule has 1 heterocycles. The molecule has 7 heteroatoms. The zero-order valence-corrected chi connectivity index (χ0v) is 17.1. The van der Waals surface area contributed by atoms with Crippen molar-refractivity contribution in [1.82, 2.24) is 0 Å². The van der Waals surface area contributed by atoms with Crippen molar-refractivity contribution in [1.29, 1.82) is 0 Å². The van der Waals surface area contributed by atoms with Crippen molar-refractivity contribution < 1.29 is 27.6 Å². The summed E-state index contributed by atoms with van der Waals surface area (Å²) in [6.45, 7) is 10.5. The van der Waals surface area contributed by atoms with Gasteiger partial charge in [-0.3, -0.25) is 4.55 Å².